The zero-order valence-corrected chi connectivity index (χ0v) is 14.6. The number of fused-ring (bicyclic) bond motifs is 2. The van der Waals surface area contributed by atoms with Gasteiger partial charge in [-0.3, -0.25) is 14.8 Å². The summed E-state index contributed by atoms with van der Waals surface area (Å²) in [4.78, 5) is 18.0. The number of piperidine rings is 3. The second-order valence-electron chi connectivity index (χ2n) is 7.77. The van der Waals surface area contributed by atoms with Crippen molar-refractivity contribution in [2.45, 2.75) is 37.8 Å². The number of rotatable bonds is 2. The number of H-pyrrole nitrogens is 1. The number of carbonyl (C=O) groups is 1. The normalized spacial score (nSPS) is 33.5. The van der Waals surface area contributed by atoms with Crippen molar-refractivity contribution >= 4 is 5.91 Å². The van der Waals surface area contributed by atoms with Gasteiger partial charge in [0.2, 0.25) is 0 Å². The molecule has 4 aliphatic heterocycles. The molecule has 4 saturated heterocycles. The smallest absolute Gasteiger partial charge is 0.274 e. The third kappa shape index (κ3) is 2.33. The van der Waals surface area contributed by atoms with E-state index in [1.54, 1.807) is 0 Å². The van der Waals surface area contributed by atoms with Crippen molar-refractivity contribution in [2.24, 2.45) is 5.92 Å². The second kappa shape index (κ2) is 5.70. The molecule has 0 saturated carbocycles. The molecule has 5 heteroatoms. The number of nitrogens with one attached hydrogen (secondary N) is 1. The number of hydrogen-bond donors (Lipinski definition) is 1. The van der Waals surface area contributed by atoms with Gasteiger partial charge in [0.25, 0.3) is 5.91 Å². The minimum absolute atomic E-state index is 0.0894. The predicted octanol–water partition coefficient (Wildman–Crippen LogP) is 2.42. The SMILES string of the molecule is Cc1cc(C(=O)N2C[C@H](c3ccccc3)[C@@H]3[C@H]2C2CCN3CC2)n[nH]1. The highest BCUT2D eigenvalue weighted by molar-refractivity contribution is 5.93. The first-order valence-electron chi connectivity index (χ1n) is 9.34. The van der Waals surface area contributed by atoms with Crippen LogP contribution in [0.2, 0.25) is 0 Å². The van der Waals surface area contributed by atoms with Crippen LogP contribution >= 0.6 is 0 Å². The Balaban J connectivity index is 1.53. The highest BCUT2D eigenvalue weighted by Gasteiger charge is 2.54. The van der Waals surface area contributed by atoms with E-state index in [1.807, 2.05) is 13.0 Å². The zero-order valence-electron chi connectivity index (χ0n) is 14.6. The fourth-order valence-electron chi connectivity index (χ4n) is 5.32. The lowest BCUT2D eigenvalue weighted by molar-refractivity contribution is -0.00358. The Morgan fingerprint density at radius 1 is 1.16 bits per heavy atom. The van der Waals surface area contributed by atoms with Crippen molar-refractivity contribution in [1.82, 2.24) is 20.0 Å². The summed E-state index contributed by atoms with van der Waals surface area (Å²) in [6, 6.07) is 13.4. The van der Waals surface area contributed by atoms with Gasteiger partial charge in [-0.15, -0.1) is 0 Å². The van der Waals surface area contributed by atoms with Gasteiger partial charge in [-0.05, 0) is 50.4 Å². The molecule has 0 spiro atoms. The Morgan fingerprint density at radius 2 is 1.92 bits per heavy atom. The number of benzene rings is 1. The van der Waals surface area contributed by atoms with Crippen molar-refractivity contribution in [3.8, 4) is 0 Å². The largest absolute Gasteiger partial charge is 0.332 e. The van der Waals surface area contributed by atoms with Gasteiger partial charge < -0.3 is 4.90 Å². The fourth-order valence-corrected chi connectivity index (χ4v) is 5.32. The van der Waals surface area contributed by atoms with Gasteiger partial charge in [0.05, 0.1) is 6.04 Å². The average Bonchev–Trinajstić information content (AvgIpc) is 3.28. The second-order valence-corrected chi connectivity index (χ2v) is 7.77. The van der Waals surface area contributed by atoms with Crippen molar-refractivity contribution < 1.29 is 4.79 Å². The maximum Gasteiger partial charge on any atom is 0.274 e. The summed E-state index contributed by atoms with van der Waals surface area (Å²) in [5, 5.41) is 7.14. The summed E-state index contributed by atoms with van der Waals surface area (Å²) < 4.78 is 0. The molecule has 1 N–H and O–H groups in total. The van der Waals surface area contributed by atoms with Gasteiger partial charge in [-0.1, -0.05) is 30.3 Å². The van der Waals surface area contributed by atoms with E-state index in [1.165, 1.54) is 31.5 Å². The van der Waals surface area contributed by atoms with E-state index in [0.29, 0.717) is 29.6 Å². The Labute approximate surface area is 148 Å². The molecule has 1 amide bonds. The molecule has 1 aromatic carbocycles. The molecule has 5 nitrogen and oxygen atoms in total. The van der Waals surface area contributed by atoms with Crippen LogP contribution in [0.15, 0.2) is 36.4 Å². The van der Waals surface area contributed by atoms with Crippen molar-refractivity contribution in [1.29, 1.82) is 0 Å². The Morgan fingerprint density at radius 3 is 2.60 bits per heavy atom. The predicted molar refractivity (Wildman–Crippen MR) is 95.4 cm³/mol. The summed E-state index contributed by atoms with van der Waals surface area (Å²) >= 11 is 0. The van der Waals surface area contributed by atoms with Crippen LogP contribution in [0.3, 0.4) is 0 Å². The van der Waals surface area contributed by atoms with E-state index >= 15 is 0 Å². The maximum atomic E-state index is 13.2. The topological polar surface area (TPSA) is 52.2 Å². The minimum atomic E-state index is 0.0894. The molecule has 25 heavy (non-hydrogen) atoms. The zero-order chi connectivity index (χ0) is 17.0. The molecule has 6 rings (SSSR count). The van der Waals surface area contributed by atoms with Crippen LogP contribution < -0.4 is 0 Å². The lowest BCUT2D eigenvalue weighted by atomic mass is 9.75. The quantitative estimate of drug-likeness (QED) is 0.916. The summed E-state index contributed by atoms with van der Waals surface area (Å²) in [6.07, 6.45) is 2.43. The van der Waals surface area contributed by atoms with Crippen LogP contribution in [0.25, 0.3) is 0 Å². The number of carbonyl (C=O) groups excluding carboxylic acids is 1. The van der Waals surface area contributed by atoms with E-state index in [0.717, 1.165) is 12.2 Å². The van der Waals surface area contributed by atoms with Gasteiger partial charge in [0, 0.05) is 24.2 Å². The van der Waals surface area contributed by atoms with E-state index < -0.39 is 0 Å². The molecule has 4 fully saturated rings. The molecule has 4 aliphatic rings. The number of nitrogens with zero attached hydrogens (tertiary/aromatic N) is 3. The first-order valence-corrected chi connectivity index (χ1v) is 9.34. The van der Waals surface area contributed by atoms with E-state index in [9.17, 15) is 4.79 Å². The fraction of sp³-hybridized carbons (Fsp3) is 0.500. The van der Waals surface area contributed by atoms with Gasteiger partial charge in [0.1, 0.15) is 5.69 Å². The molecule has 1 aromatic heterocycles. The molecule has 0 aliphatic carbocycles. The van der Waals surface area contributed by atoms with Gasteiger partial charge >= 0.3 is 0 Å². The Kier molecular flexibility index (Phi) is 3.45. The maximum absolute atomic E-state index is 13.2. The minimum Gasteiger partial charge on any atom is -0.332 e. The number of hydrogen-bond acceptors (Lipinski definition) is 3. The van der Waals surface area contributed by atoms with Crippen LogP contribution in [0.1, 0.15) is 40.5 Å². The van der Waals surface area contributed by atoms with Crippen molar-refractivity contribution in [2.75, 3.05) is 19.6 Å². The molecule has 5 heterocycles. The number of amides is 1. The summed E-state index contributed by atoms with van der Waals surface area (Å²) in [5.41, 5.74) is 2.85. The first-order chi connectivity index (χ1) is 12.2. The monoisotopic (exact) mass is 336 g/mol. The van der Waals surface area contributed by atoms with Gasteiger partial charge in [-0.2, -0.15) is 5.10 Å². The molecule has 2 bridgehead atoms. The van der Waals surface area contributed by atoms with Gasteiger partial charge in [-0.25, -0.2) is 0 Å². The number of aryl methyl sites for hydroxylation is 1. The van der Waals surface area contributed by atoms with Crippen molar-refractivity contribution in [3.63, 3.8) is 0 Å². The van der Waals surface area contributed by atoms with Crippen LogP contribution in [0, 0.1) is 12.8 Å². The summed E-state index contributed by atoms with van der Waals surface area (Å²) in [7, 11) is 0. The van der Waals surface area contributed by atoms with Crippen LogP contribution in [-0.4, -0.2) is 57.6 Å². The molecule has 130 valence electrons. The van der Waals surface area contributed by atoms with Crippen LogP contribution in [0.5, 0.6) is 0 Å². The number of aromatic nitrogens is 2. The van der Waals surface area contributed by atoms with Crippen molar-refractivity contribution in [3.05, 3.63) is 53.3 Å². The third-order valence-corrected chi connectivity index (χ3v) is 6.41. The Hall–Kier alpha value is -2.14. The highest BCUT2D eigenvalue weighted by atomic mass is 16.2. The van der Waals surface area contributed by atoms with Crippen LogP contribution in [0.4, 0.5) is 0 Å². The number of aromatic amines is 1. The highest BCUT2D eigenvalue weighted by Crippen LogP contribution is 2.46. The molecular weight excluding hydrogens is 312 g/mol. The van der Waals surface area contributed by atoms with Crippen LogP contribution in [-0.2, 0) is 0 Å². The van der Waals surface area contributed by atoms with E-state index in [-0.39, 0.29) is 5.91 Å². The number of likely N-dealkylation sites (tertiary alicyclic amines) is 1. The lowest BCUT2D eigenvalue weighted by Crippen LogP contribution is -2.60. The van der Waals surface area contributed by atoms with E-state index in [4.69, 9.17) is 0 Å². The summed E-state index contributed by atoms with van der Waals surface area (Å²) in [6.45, 7) is 5.10. The molecule has 3 atom stereocenters. The molecule has 0 unspecified atom stereocenters. The summed E-state index contributed by atoms with van der Waals surface area (Å²) in [5.74, 6) is 1.12. The average molecular weight is 336 g/mol. The first kappa shape index (κ1) is 15.1. The Bertz CT molecular complexity index is 778. The molecular formula is C20H24N4O. The lowest BCUT2D eigenvalue weighted by Gasteiger charge is -2.51. The van der Waals surface area contributed by atoms with Gasteiger partial charge in [0.15, 0.2) is 0 Å². The third-order valence-electron chi connectivity index (χ3n) is 6.41. The van der Waals surface area contributed by atoms with E-state index in [2.05, 4.69) is 50.3 Å². The standard InChI is InChI=1S/C20H24N4O/c1-13-11-17(22-21-13)20(25)24-12-16(14-5-3-2-4-6-14)19-18(24)15-7-9-23(19)10-8-15/h2-6,11,15-16,18-19H,7-10,12H2,1H3,(H,21,22)/t16-,18-,19-/m1/s1. The molecule has 2 aromatic rings. The molecule has 0 radical (unpaired) electrons.